The molecule has 0 aromatic heterocycles. The van der Waals surface area contributed by atoms with Gasteiger partial charge in [-0.2, -0.15) is 0 Å². The van der Waals surface area contributed by atoms with E-state index >= 15 is 0 Å². The van der Waals surface area contributed by atoms with Crippen LogP contribution in [0, 0.1) is 11.8 Å². The van der Waals surface area contributed by atoms with Crippen molar-refractivity contribution in [3.63, 3.8) is 0 Å². The van der Waals surface area contributed by atoms with Gasteiger partial charge in [-0.25, -0.2) is 0 Å². The maximum Gasteiger partial charge on any atom is 0.0101 e. The topological polar surface area (TPSA) is 12.0 Å². The molecule has 1 nitrogen and oxygen atoms in total. The third-order valence-electron chi connectivity index (χ3n) is 7.38. The van der Waals surface area contributed by atoms with Gasteiger partial charge >= 0.3 is 0 Å². The zero-order valence-electron chi connectivity index (χ0n) is 16.2. The van der Waals surface area contributed by atoms with E-state index < -0.39 is 0 Å². The van der Waals surface area contributed by atoms with Crippen molar-refractivity contribution in [1.82, 2.24) is 5.32 Å². The Morgan fingerprint density at radius 1 is 0.417 bits per heavy atom. The zero-order chi connectivity index (χ0) is 16.5. The van der Waals surface area contributed by atoms with Crippen LogP contribution in [0.3, 0.4) is 0 Å². The Morgan fingerprint density at radius 2 is 0.917 bits per heavy atom. The Kier molecular flexibility index (Phi) is 8.47. The Morgan fingerprint density at radius 3 is 1.50 bits per heavy atom. The summed E-state index contributed by atoms with van der Waals surface area (Å²) in [6, 6.07) is 1.70. The Labute approximate surface area is 151 Å². The van der Waals surface area contributed by atoms with Crippen molar-refractivity contribution in [2.45, 2.75) is 134 Å². The molecule has 0 amide bonds. The molecule has 0 aromatic rings. The van der Waals surface area contributed by atoms with Crippen LogP contribution in [-0.4, -0.2) is 12.1 Å². The van der Waals surface area contributed by atoms with Gasteiger partial charge in [-0.3, -0.25) is 0 Å². The highest BCUT2D eigenvalue weighted by molar-refractivity contribution is 4.90. The fraction of sp³-hybridized carbons (Fsp3) is 1.00. The lowest BCUT2D eigenvalue weighted by Gasteiger charge is -2.32. The normalized spacial score (nSPS) is 33.0. The molecule has 0 aliphatic heterocycles. The van der Waals surface area contributed by atoms with Crippen LogP contribution >= 0.6 is 0 Å². The first-order chi connectivity index (χ1) is 11.9. The minimum absolute atomic E-state index is 0.838. The first-order valence-electron chi connectivity index (χ1n) is 11.7. The van der Waals surface area contributed by atoms with Gasteiger partial charge in [-0.05, 0) is 37.5 Å². The van der Waals surface area contributed by atoms with E-state index in [4.69, 9.17) is 0 Å². The highest BCUT2D eigenvalue weighted by Crippen LogP contribution is 2.38. The van der Waals surface area contributed by atoms with Crippen molar-refractivity contribution in [3.8, 4) is 0 Å². The predicted octanol–water partition coefficient (Wildman–Crippen LogP) is 7.00. The number of nitrogens with one attached hydrogen (secondary N) is 1. The van der Waals surface area contributed by atoms with Crippen LogP contribution in [0.5, 0.6) is 0 Å². The molecule has 0 spiro atoms. The summed E-state index contributed by atoms with van der Waals surface area (Å²) < 4.78 is 0. The third-order valence-corrected chi connectivity index (χ3v) is 7.38. The van der Waals surface area contributed by atoms with E-state index in [1.807, 2.05) is 0 Å². The summed E-state index contributed by atoms with van der Waals surface area (Å²) in [6.45, 7) is 0. The molecule has 3 aliphatic carbocycles. The predicted molar refractivity (Wildman–Crippen MR) is 105 cm³/mol. The average Bonchev–Trinajstić information content (AvgIpc) is 3.11. The second-order valence-corrected chi connectivity index (χ2v) is 9.22. The molecule has 3 rings (SSSR count). The minimum atomic E-state index is 0.838. The molecule has 140 valence electrons. The van der Waals surface area contributed by atoms with E-state index in [1.54, 1.807) is 0 Å². The van der Waals surface area contributed by atoms with E-state index in [1.165, 1.54) is 122 Å². The molecule has 0 aromatic carbocycles. The van der Waals surface area contributed by atoms with Crippen molar-refractivity contribution in [2.24, 2.45) is 11.8 Å². The smallest absolute Gasteiger partial charge is 0.0101 e. The summed E-state index contributed by atoms with van der Waals surface area (Å²) in [5.74, 6) is 2.05. The Balaban J connectivity index is 1.52. The minimum Gasteiger partial charge on any atom is -0.311 e. The second-order valence-electron chi connectivity index (χ2n) is 9.22. The van der Waals surface area contributed by atoms with Crippen LogP contribution in [0.2, 0.25) is 0 Å². The van der Waals surface area contributed by atoms with Gasteiger partial charge in [0.2, 0.25) is 0 Å². The van der Waals surface area contributed by atoms with E-state index in [9.17, 15) is 0 Å². The lowest BCUT2D eigenvalue weighted by Crippen LogP contribution is -2.42. The van der Waals surface area contributed by atoms with E-state index in [0.29, 0.717) is 0 Å². The summed E-state index contributed by atoms with van der Waals surface area (Å²) in [6.07, 6.45) is 28.4. The maximum atomic E-state index is 4.21. The summed E-state index contributed by atoms with van der Waals surface area (Å²) in [7, 11) is 0. The molecular weight excluding hydrogens is 290 g/mol. The molecule has 2 unspecified atom stereocenters. The molecule has 0 radical (unpaired) electrons. The van der Waals surface area contributed by atoms with Gasteiger partial charge in [0.25, 0.3) is 0 Å². The van der Waals surface area contributed by atoms with Crippen molar-refractivity contribution in [2.75, 3.05) is 0 Å². The fourth-order valence-electron chi connectivity index (χ4n) is 5.95. The number of hydrogen-bond donors (Lipinski definition) is 1. The number of hydrogen-bond acceptors (Lipinski definition) is 1. The van der Waals surface area contributed by atoms with Crippen LogP contribution in [0.25, 0.3) is 0 Å². The molecule has 3 saturated carbocycles. The highest BCUT2D eigenvalue weighted by atomic mass is 15.0. The molecule has 2 atom stereocenters. The first kappa shape index (κ1) is 18.7. The van der Waals surface area contributed by atoms with Crippen LogP contribution in [0.4, 0.5) is 0 Å². The van der Waals surface area contributed by atoms with Crippen molar-refractivity contribution in [3.05, 3.63) is 0 Å². The van der Waals surface area contributed by atoms with Crippen molar-refractivity contribution < 1.29 is 0 Å². The molecule has 0 saturated heterocycles. The van der Waals surface area contributed by atoms with Gasteiger partial charge in [0.15, 0.2) is 0 Å². The fourth-order valence-corrected chi connectivity index (χ4v) is 5.95. The molecule has 0 heterocycles. The van der Waals surface area contributed by atoms with Gasteiger partial charge in [-0.15, -0.1) is 0 Å². The van der Waals surface area contributed by atoms with Gasteiger partial charge in [0.1, 0.15) is 0 Å². The Hall–Kier alpha value is -0.0400. The lowest BCUT2D eigenvalue weighted by molar-refractivity contribution is 0.225. The molecule has 3 fully saturated rings. The average molecular weight is 334 g/mol. The van der Waals surface area contributed by atoms with Crippen LogP contribution in [0.15, 0.2) is 0 Å². The lowest BCUT2D eigenvalue weighted by atomic mass is 9.81. The van der Waals surface area contributed by atoms with Gasteiger partial charge in [0, 0.05) is 12.1 Å². The number of rotatable bonds is 3. The van der Waals surface area contributed by atoms with Gasteiger partial charge < -0.3 is 5.32 Å². The summed E-state index contributed by atoms with van der Waals surface area (Å²) in [5, 5.41) is 4.21. The summed E-state index contributed by atoms with van der Waals surface area (Å²) >= 11 is 0. The quantitative estimate of drug-likeness (QED) is 0.586. The largest absolute Gasteiger partial charge is 0.311 e. The van der Waals surface area contributed by atoms with Crippen LogP contribution in [-0.2, 0) is 0 Å². The zero-order valence-corrected chi connectivity index (χ0v) is 16.2. The first-order valence-corrected chi connectivity index (χ1v) is 11.7. The molecule has 1 heteroatoms. The summed E-state index contributed by atoms with van der Waals surface area (Å²) in [5.41, 5.74) is 0. The molecule has 3 aliphatic rings. The van der Waals surface area contributed by atoms with Crippen LogP contribution < -0.4 is 5.32 Å². The van der Waals surface area contributed by atoms with Gasteiger partial charge in [-0.1, -0.05) is 96.3 Å². The standard InChI is InChI=1S/C23H43N/c1-2-6-10-15-20(14-9-5-1)22-18-13-19-23(22)24-21-16-11-7-3-4-8-12-17-21/h20-24H,1-19H2. The van der Waals surface area contributed by atoms with Gasteiger partial charge in [0.05, 0.1) is 0 Å². The van der Waals surface area contributed by atoms with E-state index in [-0.39, 0.29) is 0 Å². The SMILES string of the molecule is C1CCCCC(NC2CCCC2C2CCCCCCCC2)CCC1. The van der Waals surface area contributed by atoms with E-state index in [2.05, 4.69) is 5.32 Å². The van der Waals surface area contributed by atoms with Crippen molar-refractivity contribution >= 4 is 0 Å². The molecule has 24 heavy (non-hydrogen) atoms. The maximum absolute atomic E-state index is 4.21. The molecule has 1 N–H and O–H groups in total. The Bertz CT molecular complexity index is 306. The van der Waals surface area contributed by atoms with Crippen molar-refractivity contribution in [1.29, 1.82) is 0 Å². The second kappa shape index (κ2) is 10.8. The monoisotopic (exact) mass is 333 g/mol. The summed E-state index contributed by atoms with van der Waals surface area (Å²) in [4.78, 5) is 0. The third kappa shape index (κ3) is 6.04. The van der Waals surface area contributed by atoms with Crippen LogP contribution in [0.1, 0.15) is 122 Å². The molecule has 0 bridgehead atoms. The van der Waals surface area contributed by atoms with E-state index in [0.717, 1.165) is 23.9 Å². The molecular formula is C23H43N. The highest BCUT2D eigenvalue weighted by Gasteiger charge is 2.34.